The first-order valence-electron chi connectivity index (χ1n) is 9.63. The first-order valence-corrected chi connectivity index (χ1v) is 12.0. The van der Waals surface area contributed by atoms with Crippen molar-refractivity contribution in [3.05, 3.63) is 35.6 Å². The van der Waals surface area contributed by atoms with Crippen LogP contribution in [0.2, 0.25) is 0 Å². The SMILES string of the molecule is O=C(CCCCC1CCSS1)OC1CCN(Cc2ccc(F)cc2)CC1. The van der Waals surface area contributed by atoms with Crippen molar-refractivity contribution in [2.75, 3.05) is 18.8 Å². The zero-order chi connectivity index (χ0) is 18.2. The van der Waals surface area contributed by atoms with Crippen LogP contribution >= 0.6 is 21.6 Å². The standard InChI is InChI=1S/C20H28FNO2S2/c21-17-7-5-16(6-8-17)15-22-12-9-18(10-13-22)24-20(23)4-2-1-3-19-11-14-25-26-19/h5-8,18-19H,1-4,9-15H2. The molecule has 0 radical (unpaired) electrons. The Morgan fingerprint density at radius 3 is 2.62 bits per heavy atom. The fourth-order valence-electron chi connectivity index (χ4n) is 3.48. The van der Waals surface area contributed by atoms with Crippen molar-refractivity contribution in [1.82, 2.24) is 4.90 Å². The molecule has 0 N–H and O–H groups in total. The van der Waals surface area contributed by atoms with Gasteiger partial charge in [0.1, 0.15) is 11.9 Å². The van der Waals surface area contributed by atoms with Gasteiger partial charge in [-0.25, -0.2) is 4.39 Å². The molecule has 2 fully saturated rings. The van der Waals surface area contributed by atoms with Gasteiger partial charge in [0.05, 0.1) is 0 Å². The van der Waals surface area contributed by atoms with Crippen molar-refractivity contribution in [2.24, 2.45) is 0 Å². The molecule has 1 aromatic carbocycles. The number of likely N-dealkylation sites (tertiary alicyclic amines) is 1. The summed E-state index contributed by atoms with van der Waals surface area (Å²) in [6.07, 6.45) is 7.02. The fraction of sp³-hybridized carbons (Fsp3) is 0.650. The number of esters is 1. The maximum Gasteiger partial charge on any atom is 0.306 e. The number of carbonyl (C=O) groups is 1. The Morgan fingerprint density at radius 1 is 1.15 bits per heavy atom. The monoisotopic (exact) mass is 397 g/mol. The van der Waals surface area contributed by atoms with E-state index in [1.54, 1.807) is 0 Å². The Kier molecular flexibility index (Phi) is 8.14. The highest BCUT2D eigenvalue weighted by Crippen LogP contribution is 2.39. The minimum atomic E-state index is -0.194. The van der Waals surface area contributed by atoms with Crippen LogP contribution < -0.4 is 0 Å². The van der Waals surface area contributed by atoms with Crippen LogP contribution in [-0.2, 0) is 16.1 Å². The Labute approximate surface area is 163 Å². The molecule has 26 heavy (non-hydrogen) atoms. The normalized spacial score (nSPS) is 21.8. The molecule has 1 aromatic rings. The molecule has 0 saturated carbocycles. The van der Waals surface area contributed by atoms with Gasteiger partial charge in [-0.15, -0.1) is 0 Å². The molecule has 0 aliphatic carbocycles. The lowest BCUT2D eigenvalue weighted by molar-refractivity contribution is -0.151. The summed E-state index contributed by atoms with van der Waals surface area (Å²) in [6.45, 7) is 2.68. The molecule has 2 heterocycles. The van der Waals surface area contributed by atoms with Crippen molar-refractivity contribution < 1.29 is 13.9 Å². The Balaban J connectivity index is 1.27. The molecule has 2 saturated heterocycles. The third-order valence-electron chi connectivity index (χ3n) is 5.04. The summed E-state index contributed by atoms with van der Waals surface area (Å²) in [4.78, 5) is 14.4. The first-order chi connectivity index (χ1) is 12.7. The summed E-state index contributed by atoms with van der Waals surface area (Å²) < 4.78 is 18.6. The number of ether oxygens (including phenoxy) is 1. The van der Waals surface area contributed by atoms with Gasteiger partial charge in [-0.05, 0) is 49.8 Å². The average molecular weight is 398 g/mol. The Morgan fingerprint density at radius 2 is 1.92 bits per heavy atom. The van der Waals surface area contributed by atoms with Crippen molar-refractivity contribution in [2.45, 2.75) is 62.8 Å². The number of carbonyl (C=O) groups excluding carboxylic acids is 1. The number of hydrogen-bond donors (Lipinski definition) is 0. The van der Waals surface area contributed by atoms with Crippen LogP contribution in [0.1, 0.15) is 50.5 Å². The lowest BCUT2D eigenvalue weighted by atomic mass is 10.1. The van der Waals surface area contributed by atoms with Crippen LogP contribution in [0.3, 0.4) is 0 Å². The van der Waals surface area contributed by atoms with Crippen molar-refractivity contribution in [3.63, 3.8) is 0 Å². The first kappa shape index (κ1) is 20.0. The summed E-state index contributed by atoms with van der Waals surface area (Å²) >= 11 is 0. The van der Waals surface area contributed by atoms with E-state index in [-0.39, 0.29) is 17.9 Å². The molecule has 2 aliphatic rings. The minimum Gasteiger partial charge on any atom is -0.462 e. The Hall–Kier alpha value is -0.720. The number of hydrogen-bond acceptors (Lipinski definition) is 5. The number of rotatable bonds is 8. The van der Waals surface area contributed by atoms with E-state index in [9.17, 15) is 9.18 Å². The van der Waals surface area contributed by atoms with Crippen LogP contribution in [0.5, 0.6) is 0 Å². The van der Waals surface area contributed by atoms with Gasteiger partial charge in [-0.2, -0.15) is 0 Å². The Bertz CT molecular complexity index is 555. The van der Waals surface area contributed by atoms with E-state index < -0.39 is 0 Å². The van der Waals surface area contributed by atoms with Crippen molar-refractivity contribution >= 4 is 27.6 Å². The molecule has 0 amide bonds. The van der Waals surface area contributed by atoms with Crippen LogP contribution in [0, 0.1) is 5.82 Å². The zero-order valence-electron chi connectivity index (χ0n) is 15.2. The molecule has 3 nitrogen and oxygen atoms in total. The molecule has 1 unspecified atom stereocenters. The quantitative estimate of drug-likeness (QED) is 0.348. The molecule has 0 spiro atoms. The van der Waals surface area contributed by atoms with E-state index in [1.807, 2.05) is 33.7 Å². The van der Waals surface area contributed by atoms with Crippen LogP contribution in [0.25, 0.3) is 0 Å². The summed E-state index contributed by atoms with van der Waals surface area (Å²) in [6, 6.07) is 6.69. The second kappa shape index (κ2) is 10.6. The lowest BCUT2D eigenvalue weighted by Crippen LogP contribution is -2.37. The second-order valence-corrected chi connectivity index (χ2v) is 9.95. The molecule has 6 heteroatoms. The molecular weight excluding hydrogens is 369 g/mol. The number of unbranched alkanes of at least 4 members (excludes halogenated alkanes) is 1. The van der Waals surface area contributed by atoms with Crippen molar-refractivity contribution in [1.29, 1.82) is 0 Å². The van der Waals surface area contributed by atoms with Crippen LogP contribution in [-0.4, -0.2) is 41.1 Å². The molecule has 0 bridgehead atoms. The number of benzene rings is 1. The molecule has 1 atom stereocenters. The van der Waals surface area contributed by atoms with Gasteiger partial charge in [0.2, 0.25) is 0 Å². The van der Waals surface area contributed by atoms with E-state index >= 15 is 0 Å². The molecule has 0 aromatic heterocycles. The summed E-state index contributed by atoms with van der Waals surface area (Å²) in [5.74, 6) is 1.05. The number of nitrogens with zero attached hydrogens (tertiary/aromatic N) is 1. The van der Waals surface area contributed by atoms with Crippen LogP contribution in [0.15, 0.2) is 24.3 Å². The highest BCUT2D eigenvalue weighted by molar-refractivity contribution is 8.77. The van der Waals surface area contributed by atoms with Gasteiger partial charge in [-0.3, -0.25) is 9.69 Å². The van der Waals surface area contributed by atoms with E-state index in [2.05, 4.69) is 4.90 Å². The zero-order valence-corrected chi connectivity index (χ0v) is 16.8. The van der Waals surface area contributed by atoms with Gasteiger partial charge in [0.25, 0.3) is 0 Å². The minimum absolute atomic E-state index is 0.0320. The summed E-state index contributed by atoms with van der Waals surface area (Å²) in [5, 5.41) is 0.793. The number of piperidine rings is 1. The van der Waals surface area contributed by atoms with Crippen LogP contribution in [0.4, 0.5) is 4.39 Å². The largest absolute Gasteiger partial charge is 0.462 e. The fourth-order valence-corrected chi connectivity index (χ4v) is 6.51. The maximum atomic E-state index is 13.0. The molecule has 2 aliphatic heterocycles. The third kappa shape index (κ3) is 6.78. The van der Waals surface area contributed by atoms with Crippen molar-refractivity contribution in [3.8, 4) is 0 Å². The number of halogens is 1. The topological polar surface area (TPSA) is 29.5 Å². The maximum absolute atomic E-state index is 13.0. The van der Waals surface area contributed by atoms with Gasteiger partial charge < -0.3 is 4.74 Å². The summed E-state index contributed by atoms with van der Waals surface area (Å²) in [7, 11) is 3.98. The van der Waals surface area contributed by atoms with Gasteiger partial charge >= 0.3 is 5.97 Å². The third-order valence-corrected chi connectivity index (χ3v) is 8.04. The van der Waals surface area contributed by atoms with E-state index in [4.69, 9.17) is 4.74 Å². The molecule has 144 valence electrons. The second-order valence-electron chi connectivity index (χ2n) is 7.17. The predicted molar refractivity (Wildman–Crippen MR) is 108 cm³/mol. The highest BCUT2D eigenvalue weighted by Gasteiger charge is 2.22. The smallest absolute Gasteiger partial charge is 0.306 e. The average Bonchev–Trinajstić information content (AvgIpc) is 3.16. The van der Waals surface area contributed by atoms with Gasteiger partial charge in [0, 0.05) is 37.1 Å². The summed E-state index contributed by atoms with van der Waals surface area (Å²) in [5.41, 5.74) is 1.13. The predicted octanol–water partition coefficient (Wildman–Crippen LogP) is 5.05. The highest BCUT2D eigenvalue weighted by atomic mass is 33.1. The van der Waals surface area contributed by atoms with Gasteiger partial charge in [0.15, 0.2) is 0 Å². The lowest BCUT2D eigenvalue weighted by Gasteiger charge is -2.31. The molecule has 3 rings (SSSR count). The van der Waals surface area contributed by atoms with E-state index in [0.29, 0.717) is 6.42 Å². The molecular formula is C20H28FNO2S2. The van der Waals surface area contributed by atoms with E-state index in [0.717, 1.165) is 56.1 Å². The van der Waals surface area contributed by atoms with E-state index in [1.165, 1.54) is 30.7 Å². The van der Waals surface area contributed by atoms with Gasteiger partial charge in [-0.1, -0.05) is 40.1 Å².